The minimum absolute atomic E-state index is 0. The van der Waals surface area contributed by atoms with Gasteiger partial charge >= 0.3 is 0 Å². The lowest BCUT2D eigenvalue weighted by molar-refractivity contribution is 0.0888. The first-order valence-corrected chi connectivity index (χ1v) is 8.87. The molecule has 9 heteroatoms. The molecule has 1 atom stereocenters. The van der Waals surface area contributed by atoms with Crippen LogP contribution in [0.15, 0.2) is 23.2 Å². The van der Waals surface area contributed by atoms with Gasteiger partial charge in [-0.25, -0.2) is 8.78 Å². The summed E-state index contributed by atoms with van der Waals surface area (Å²) in [6.45, 7) is 4.49. The summed E-state index contributed by atoms with van der Waals surface area (Å²) in [5.74, 6) is -0.142. The van der Waals surface area contributed by atoms with Crippen LogP contribution in [0.25, 0.3) is 0 Å². The molecule has 1 fully saturated rings. The van der Waals surface area contributed by atoms with E-state index in [1.165, 1.54) is 6.07 Å². The summed E-state index contributed by atoms with van der Waals surface area (Å²) in [5, 5.41) is 6.24. The van der Waals surface area contributed by atoms with E-state index in [9.17, 15) is 8.78 Å². The van der Waals surface area contributed by atoms with Crippen LogP contribution >= 0.6 is 24.0 Å². The molecule has 1 aromatic rings. The summed E-state index contributed by atoms with van der Waals surface area (Å²) in [5.41, 5.74) is 0. The molecule has 1 heterocycles. The number of rotatable bonds is 10. The van der Waals surface area contributed by atoms with Gasteiger partial charge in [0, 0.05) is 38.8 Å². The van der Waals surface area contributed by atoms with Crippen LogP contribution in [0.5, 0.6) is 5.75 Å². The summed E-state index contributed by atoms with van der Waals surface area (Å²) in [4.78, 5) is 4.10. The predicted octanol–water partition coefficient (Wildman–Crippen LogP) is 2.57. The number of nitrogens with one attached hydrogen (secondary N) is 2. The fourth-order valence-corrected chi connectivity index (χ4v) is 2.49. The maximum atomic E-state index is 13.4. The predicted molar refractivity (Wildman–Crippen MR) is 111 cm³/mol. The van der Waals surface area contributed by atoms with Crippen LogP contribution in [0.2, 0.25) is 0 Å². The first-order chi connectivity index (χ1) is 12.7. The van der Waals surface area contributed by atoms with Crippen molar-refractivity contribution in [3.8, 4) is 5.75 Å². The van der Waals surface area contributed by atoms with Gasteiger partial charge in [-0.3, -0.25) is 4.99 Å². The molecular formula is C18H28F2IN3O3. The van der Waals surface area contributed by atoms with Crippen molar-refractivity contribution in [3.63, 3.8) is 0 Å². The SMILES string of the molecule is CN=C(NCCCOCC1CCOC1)NCCOc1ccc(F)cc1F.I. The molecule has 1 aliphatic heterocycles. The summed E-state index contributed by atoms with van der Waals surface area (Å²) >= 11 is 0. The molecule has 0 aromatic heterocycles. The van der Waals surface area contributed by atoms with Crippen LogP contribution in [0, 0.1) is 17.6 Å². The Morgan fingerprint density at radius 1 is 1.26 bits per heavy atom. The molecule has 0 bridgehead atoms. The molecule has 1 saturated heterocycles. The fourth-order valence-electron chi connectivity index (χ4n) is 2.49. The van der Waals surface area contributed by atoms with Crippen LogP contribution in [0.3, 0.4) is 0 Å². The van der Waals surface area contributed by atoms with Crippen LogP contribution in [0.1, 0.15) is 12.8 Å². The number of ether oxygens (including phenoxy) is 3. The number of benzene rings is 1. The highest BCUT2D eigenvalue weighted by atomic mass is 127. The monoisotopic (exact) mass is 499 g/mol. The molecule has 1 aliphatic rings. The number of guanidine groups is 1. The van der Waals surface area contributed by atoms with E-state index in [0.29, 0.717) is 25.0 Å². The van der Waals surface area contributed by atoms with E-state index in [1.807, 2.05) is 0 Å². The molecule has 27 heavy (non-hydrogen) atoms. The lowest BCUT2D eigenvalue weighted by atomic mass is 10.1. The van der Waals surface area contributed by atoms with Gasteiger partial charge in [-0.2, -0.15) is 0 Å². The van der Waals surface area contributed by atoms with Crippen LogP contribution in [0.4, 0.5) is 8.78 Å². The summed E-state index contributed by atoms with van der Waals surface area (Å²) in [6, 6.07) is 3.23. The molecule has 1 aromatic carbocycles. The average Bonchev–Trinajstić information content (AvgIpc) is 3.14. The van der Waals surface area contributed by atoms with Crippen LogP contribution in [-0.2, 0) is 9.47 Å². The highest BCUT2D eigenvalue weighted by Gasteiger charge is 2.15. The Bertz CT molecular complexity index is 573. The molecule has 0 aliphatic carbocycles. The molecule has 2 rings (SSSR count). The lowest BCUT2D eigenvalue weighted by Gasteiger charge is -2.13. The first kappa shape index (κ1) is 23.8. The van der Waals surface area contributed by atoms with Gasteiger partial charge in [0.2, 0.25) is 0 Å². The average molecular weight is 499 g/mol. The second-order valence-electron chi connectivity index (χ2n) is 6.01. The van der Waals surface area contributed by atoms with Crippen molar-refractivity contribution in [1.82, 2.24) is 10.6 Å². The number of nitrogens with zero attached hydrogens (tertiary/aromatic N) is 1. The third-order valence-electron chi connectivity index (χ3n) is 3.91. The Labute approximate surface area is 176 Å². The van der Waals surface area contributed by atoms with E-state index in [1.54, 1.807) is 7.05 Å². The molecule has 0 saturated carbocycles. The molecule has 0 spiro atoms. The Hall–Kier alpha value is -1.20. The molecule has 0 radical (unpaired) electrons. The number of halogens is 3. The van der Waals surface area contributed by atoms with Crippen molar-refractivity contribution >= 4 is 29.9 Å². The van der Waals surface area contributed by atoms with Crippen LogP contribution in [-0.4, -0.2) is 59.1 Å². The highest BCUT2D eigenvalue weighted by Crippen LogP contribution is 2.17. The summed E-state index contributed by atoms with van der Waals surface area (Å²) in [6.07, 6.45) is 1.95. The highest BCUT2D eigenvalue weighted by molar-refractivity contribution is 14.0. The minimum atomic E-state index is -0.711. The van der Waals surface area contributed by atoms with Crippen LogP contribution < -0.4 is 15.4 Å². The van der Waals surface area contributed by atoms with Gasteiger partial charge in [-0.05, 0) is 25.0 Å². The van der Waals surface area contributed by atoms with Gasteiger partial charge in [0.25, 0.3) is 0 Å². The smallest absolute Gasteiger partial charge is 0.191 e. The second kappa shape index (κ2) is 13.9. The molecule has 2 N–H and O–H groups in total. The molecule has 6 nitrogen and oxygen atoms in total. The minimum Gasteiger partial charge on any atom is -0.489 e. The van der Waals surface area contributed by atoms with Crippen molar-refractivity contribution in [3.05, 3.63) is 29.8 Å². The van der Waals surface area contributed by atoms with E-state index in [4.69, 9.17) is 14.2 Å². The molecular weight excluding hydrogens is 471 g/mol. The van der Waals surface area contributed by atoms with Gasteiger partial charge in [0.15, 0.2) is 17.5 Å². The van der Waals surface area contributed by atoms with E-state index in [0.717, 1.165) is 51.3 Å². The summed E-state index contributed by atoms with van der Waals surface area (Å²) < 4.78 is 42.5. The van der Waals surface area contributed by atoms with Crippen molar-refractivity contribution in [2.24, 2.45) is 10.9 Å². The number of hydrogen-bond donors (Lipinski definition) is 2. The second-order valence-corrected chi connectivity index (χ2v) is 6.01. The largest absolute Gasteiger partial charge is 0.489 e. The maximum Gasteiger partial charge on any atom is 0.191 e. The first-order valence-electron chi connectivity index (χ1n) is 8.87. The molecule has 154 valence electrons. The van der Waals surface area contributed by atoms with Gasteiger partial charge in [-0.15, -0.1) is 24.0 Å². The van der Waals surface area contributed by atoms with E-state index < -0.39 is 11.6 Å². The third-order valence-corrected chi connectivity index (χ3v) is 3.91. The Morgan fingerprint density at radius 3 is 2.78 bits per heavy atom. The lowest BCUT2D eigenvalue weighted by Crippen LogP contribution is -2.40. The molecule has 0 amide bonds. The van der Waals surface area contributed by atoms with Crippen molar-refractivity contribution in [1.29, 1.82) is 0 Å². The van der Waals surface area contributed by atoms with Crippen molar-refractivity contribution in [2.45, 2.75) is 12.8 Å². The Morgan fingerprint density at radius 2 is 2.07 bits per heavy atom. The summed E-state index contributed by atoms with van der Waals surface area (Å²) in [7, 11) is 1.67. The van der Waals surface area contributed by atoms with Gasteiger partial charge in [0.05, 0.1) is 19.8 Å². The number of aliphatic imine (C=N–C) groups is 1. The normalized spacial score (nSPS) is 16.7. The fraction of sp³-hybridized carbons (Fsp3) is 0.611. The van der Waals surface area contributed by atoms with E-state index >= 15 is 0 Å². The van der Waals surface area contributed by atoms with Gasteiger partial charge < -0.3 is 24.8 Å². The maximum absolute atomic E-state index is 13.4. The van der Waals surface area contributed by atoms with E-state index in [2.05, 4.69) is 15.6 Å². The zero-order chi connectivity index (χ0) is 18.6. The Kier molecular flexibility index (Phi) is 12.3. The Balaban J connectivity index is 0.00000364. The molecule has 1 unspecified atom stereocenters. The topological polar surface area (TPSA) is 64.1 Å². The zero-order valence-electron chi connectivity index (χ0n) is 15.5. The zero-order valence-corrected chi connectivity index (χ0v) is 17.8. The standard InChI is InChI=1S/C18H27F2N3O3.HI/c1-21-18(22-6-2-8-24-12-14-5-9-25-13-14)23-7-10-26-17-4-3-15(19)11-16(17)20;/h3-4,11,14H,2,5-10,12-13H2,1H3,(H2,21,22,23);1H. The van der Waals surface area contributed by atoms with E-state index in [-0.39, 0.29) is 36.3 Å². The van der Waals surface area contributed by atoms with Crippen molar-refractivity contribution < 1.29 is 23.0 Å². The van der Waals surface area contributed by atoms with Gasteiger partial charge in [0.1, 0.15) is 12.4 Å². The quantitative estimate of drug-likeness (QED) is 0.224. The third kappa shape index (κ3) is 9.52. The van der Waals surface area contributed by atoms with Gasteiger partial charge in [-0.1, -0.05) is 0 Å². The number of hydrogen-bond acceptors (Lipinski definition) is 4. The van der Waals surface area contributed by atoms with Crippen molar-refractivity contribution in [2.75, 3.05) is 53.2 Å².